The number of aliphatic carboxylic acids is 1. The first-order valence-corrected chi connectivity index (χ1v) is 7.10. The van der Waals surface area contributed by atoms with E-state index in [1.807, 2.05) is 18.2 Å². The largest absolute Gasteiger partial charge is 0.481 e. The molecular weight excluding hydrogens is 256 g/mol. The van der Waals surface area contributed by atoms with Crippen molar-refractivity contribution < 1.29 is 19.4 Å². The molecule has 0 bridgehead atoms. The SMILES string of the molecule is O=C(O)CCCCC(=O)OCCCCc1ccccc1. The van der Waals surface area contributed by atoms with E-state index in [2.05, 4.69) is 12.1 Å². The number of esters is 1. The van der Waals surface area contributed by atoms with Crippen LogP contribution in [0.25, 0.3) is 0 Å². The number of carbonyl (C=O) groups is 2. The molecule has 0 unspecified atom stereocenters. The molecule has 1 aromatic rings. The molecule has 20 heavy (non-hydrogen) atoms. The number of carboxylic acids is 1. The van der Waals surface area contributed by atoms with Crippen molar-refractivity contribution in [1.82, 2.24) is 0 Å². The van der Waals surface area contributed by atoms with Crippen LogP contribution in [-0.2, 0) is 20.7 Å². The molecule has 0 radical (unpaired) electrons. The van der Waals surface area contributed by atoms with Gasteiger partial charge in [0.2, 0.25) is 0 Å². The maximum Gasteiger partial charge on any atom is 0.305 e. The third-order valence-corrected chi connectivity index (χ3v) is 2.99. The number of unbranched alkanes of at least 4 members (excludes halogenated alkanes) is 2. The Morgan fingerprint density at radius 1 is 0.950 bits per heavy atom. The van der Waals surface area contributed by atoms with Gasteiger partial charge in [-0.2, -0.15) is 0 Å². The molecule has 1 rings (SSSR count). The van der Waals surface area contributed by atoms with Gasteiger partial charge in [-0.1, -0.05) is 30.3 Å². The summed E-state index contributed by atoms with van der Waals surface area (Å²) in [5.41, 5.74) is 1.30. The van der Waals surface area contributed by atoms with Gasteiger partial charge in [0.1, 0.15) is 0 Å². The van der Waals surface area contributed by atoms with E-state index in [0.29, 0.717) is 25.9 Å². The Morgan fingerprint density at radius 3 is 2.35 bits per heavy atom. The first kappa shape index (κ1) is 16.2. The molecule has 0 spiro atoms. The van der Waals surface area contributed by atoms with Crippen molar-refractivity contribution in [3.63, 3.8) is 0 Å². The van der Waals surface area contributed by atoms with Gasteiger partial charge in [0, 0.05) is 12.8 Å². The Balaban J connectivity index is 1.95. The first-order chi connectivity index (χ1) is 9.68. The third-order valence-electron chi connectivity index (χ3n) is 2.99. The molecule has 0 aliphatic heterocycles. The summed E-state index contributed by atoms with van der Waals surface area (Å²) in [5, 5.41) is 8.46. The predicted octanol–water partition coefficient (Wildman–Crippen LogP) is 3.20. The minimum Gasteiger partial charge on any atom is -0.481 e. The highest BCUT2D eigenvalue weighted by Gasteiger charge is 2.04. The molecule has 0 aliphatic carbocycles. The maximum absolute atomic E-state index is 11.4. The monoisotopic (exact) mass is 278 g/mol. The fraction of sp³-hybridized carbons (Fsp3) is 0.500. The Hall–Kier alpha value is -1.84. The summed E-state index contributed by atoms with van der Waals surface area (Å²) in [6, 6.07) is 10.2. The number of carbonyl (C=O) groups excluding carboxylic acids is 1. The second kappa shape index (κ2) is 10.0. The Labute approximate surface area is 119 Å². The second-order valence-corrected chi connectivity index (χ2v) is 4.76. The average Bonchev–Trinajstić information content (AvgIpc) is 2.44. The molecule has 0 atom stereocenters. The van der Waals surface area contributed by atoms with Crippen molar-refractivity contribution in [3.05, 3.63) is 35.9 Å². The topological polar surface area (TPSA) is 63.6 Å². The van der Waals surface area contributed by atoms with Crippen LogP contribution in [0.5, 0.6) is 0 Å². The molecule has 1 N–H and O–H groups in total. The molecule has 0 saturated heterocycles. The van der Waals surface area contributed by atoms with Gasteiger partial charge in [0.15, 0.2) is 0 Å². The van der Waals surface area contributed by atoms with Crippen molar-refractivity contribution in [1.29, 1.82) is 0 Å². The quantitative estimate of drug-likeness (QED) is 0.527. The average molecular weight is 278 g/mol. The van der Waals surface area contributed by atoms with E-state index < -0.39 is 5.97 Å². The zero-order chi connectivity index (χ0) is 14.6. The summed E-state index contributed by atoms with van der Waals surface area (Å²) in [6.45, 7) is 0.449. The fourth-order valence-corrected chi connectivity index (χ4v) is 1.88. The predicted molar refractivity (Wildman–Crippen MR) is 76.4 cm³/mol. The van der Waals surface area contributed by atoms with Crippen LogP contribution in [0, 0.1) is 0 Å². The zero-order valence-corrected chi connectivity index (χ0v) is 11.7. The fourth-order valence-electron chi connectivity index (χ4n) is 1.88. The van der Waals surface area contributed by atoms with Gasteiger partial charge in [0.25, 0.3) is 0 Å². The molecule has 0 fully saturated rings. The van der Waals surface area contributed by atoms with E-state index in [1.54, 1.807) is 0 Å². The highest BCUT2D eigenvalue weighted by molar-refractivity contribution is 5.69. The molecule has 1 aromatic carbocycles. The molecule has 110 valence electrons. The molecule has 0 aliphatic rings. The van der Waals surface area contributed by atoms with Crippen molar-refractivity contribution in [2.45, 2.75) is 44.9 Å². The molecule has 0 aromatic heterocycles. The van der Waals surface area contributed by atoms with Crippen LogP contribution in [0.4, 0.5) is 0 Å². The van der Waals surface area contributed by atoms with E-state index in [0.717, 1.165) is 19.3 Å². The third kappa shape index (κ3) is 8.29. The molecule has 0 saturated carbocycles. The summed E-state index contributed by atoms with van der Waals surface area (Å²) >= 11 is 0. The number of benzene rings is 1. The lowest BCUT2D eigenvalue weighted by Gasteiger charge is -2.05. The standard InChI is InChI=1S/C16H22O4/c17-15(18)11-4-5-12-16(19)20-13-7-6-10-14-8-2-1-3-9-14/h1-3,8-9H,4-7,10-13H2,(H,17,18). The summed E-state index contributed by atoms with van der Waals surface area (Å²) in [4.78, 5) is 21.6. The summed E-state index contributed by atoms with van der Waals surface area (Å²) in [6.07, 6.45) is 4.38. The summed E-state index contributed by atoms with van der Waals surface area (Å²) < 4.78 is 5.10. The highest BCUT2D eigenvalue weighted by atomic mass is 16.5. The number of carboxylic acid groups (broad SMARTS) is 1. The number of hydrogen-bond donors (Lipinski definition) is 1. The Kier molecular flexibility index (Phi) is 8.11. The van der Waals surface area contributed by atoms with Crippen molar-refractivity contribution in [2.75, 3.05) is 6.61 Å². The number of aryl methyl sites for hydroxylation is 1. The van der Waals surface area contributed by atoms with Crippen LogP contribution < -0.4 is 0 Å². The lowest BCUT2D eigenvalue weighted by molar-refractivity contribution is -0.144. The van der Waals surface area contributed by atoms with Crippen LogP contribution in [0.15, 0.2) is 30.3 Å². The van der Waals surface area contributed by atoms with Gasteiger partial charge in [0.05, 0.1) is 6.61 Å². The molecule has 0 amide bonds. The van der Waals surface area contributed by atoms with E-state index in [1.165, 1.54) is 5.56 Å². The molecule has 4 heteroatoms. The van der Waals surface area contributed by atoms with Crippen LogP contribution in [0.2, 0.25) is 0 Å². The smallest absolute Gasteiger partial charge is 0.305 e. The highest BCUT2D eigenvalue weighted by Crippen LogP contribution is 2.06. The number of hydrogen-bond acceptors (Lipinski definition) is 3. The zero-order valence-electron chi connectivity index (χ0n) is 11.7. The lowest BCUT2D eigenvalue weighted by Crippen LogP contribution is -2.06. The van der Waals surface area contributed by atoms with Gasteiger partial charge in [-0.25, -0.2) is 0 Å². The molecule has 0 heterocycles. The van der Waals surface area contributed by atoms with Crippen molar-refractivity contribution in [2.24, 2.45) is 0 Å². The Morgan fingerprint density at radius 2 is 1.65 bits per heavy atom. The van der Waals surface area contributed by atoms with E-state index in [4.69, 9.17) is 9.84 Å². The van der Waals surface area contributed by atoms with E-state index in [9.17, 15) is 9.59 Å². The van der Waals surface area contributed by atoms with E-state index in [-0.39, 0.29) is 12.4 Å². The van der Waals surface area contributed by atoms with Crippen molar-refractivity contribution in [3.8, 4) is 0 Å². The molecular formula is C16H22O4. The van der Waals surface area contributed by atoms with Gasteiger partial charge >= 0.3 is 11.9 Å². The van der Waals surface area contributed by atoms with Gasteiger partial charge in [-0.15, -0.1) is 0 Å². The molecule has 4 nitrogen and oxygen atoms in total. The van der Waals surface area contributed by atoms with Crippen LogP contribution in [0.3, 0.4) is 0 Å². The number of rotatable bonds is 10. The van der Waals surface area contributed by atoms with Crippen molar-refractivity contribution >= 4 is 11.9 Å². The first-order valence-electron chi connectivity index (χ1n) is 7.10. The summed E-state index contributed by atoms with van der Waals surface area (Å²) in [5.74, 6) is -1.05. The van der Waals surface area contributed by atoms with Gasteiger partial charge in [-0.05, 0) is 37.7 Å². The number of ether oxygens (including phenoxy) is 1. The minimum atomic E-state index is -0.820. The maximum atomic E-state index is 11.4. The normalized spacial score (nSPS) is 10.2. The minimum absolute atomic E-state index is 0.115. The van der Waals surface area contributed by atoms with Gasteiger partial charge < -0.3 is 9.84 Å². The van der Waals surface area contributed by atoms with Crippen LogP contribution in [-0.4, -0.2) is 23.7 Å². The summed E-state index contributed by atoms with van der Waals surface area (Å²) in [7, 11) is 0. The van der Waals surface area contributed by atoms with Crippen LogP contribution in [0.1, 0.15) is 44.1 Å². The Bertz CT molecular complexity index is 400. The van der Waals surface area contributed by atoms with E-state index >= 15 is 0 Å². The van der Waals surface area contributed by atoms with Gasteiger partial charge in [-0.3, -0.25) is 9.59 Å². The van der Waals surface area contributed by atoms with Crippen LogP contribution >= 0.6 is 0 Å². The lowest BCUT2D eigenvalue weighted by atomic mass is 10.1. The second-order valence-electron chi connectivity index (χ2n) is 4.76.